The fourth-order valence-electron chi connectivity index (χ4n) is 1.86. The molecule has 1 atom stereocenters. The van der Waals surface area contributed by atoms with E-state index >= 15 is 0 Å². The Bertz CT molecular complexity index is 449. The quantitative estimate of drug-likeness (QED) is 0.744. The van der Waals surface area contributed by atoms with Gasteiger partial charge in [0.1, 0.15) is 5.00 Å². The van der Waals surface area contributed by atoms with E-state index in [4.69, 9.17) is 5.73 Å². The number of hydrogen-bond acceptors (Lipinski definition) is 4. The van der Waals surface area contributed by atoms with Gasteiger partial charge in [0, 0.05) is 6.54 Å². The molecule has 1 aromatic rings. The second kappa shape index (κ2) is 4.46. The number of nitrogens with two attached hydrogens (primary N) is 1. The van der Waals surface area contributed by atoms with Crippen LogP contribution in [0.2, 0.25) is 0 Å². The van der Waals surface area contributed by atoms with Crippen LogP contribution in [0.4, 0.5) is 5.00 Å². The predicted octanol–water partition coefficient (Wildman–Crippen LogP) is 0.785. The zero-order valence-electron chi connectivity index (χ0n) is 9.58. The molecule has 0 radical (unpaired) electrons. The lowest BCUT2D eigenvalue weighted by Crippen LogP contribution is -2.35. The molecule has 0 aliphatic carbocycles. The van der Waals surface area contributed by atoms with Crippen LogP contribution in [-0.4, -0.2) is 24.9 Å². The minimum atomic E-state index is -0.517. The van der Waals surface area contributed by atoms with Crippen molar-refractivity contribution in [2.24, 2.45) is 11.1 Å². The van der Waals surface area contributed by atoms with Crippen molar-refractivity contribution in [3.63, 3.8) is 0 Å². The van der Waals surface area contributed by atoms with Crippen molar-refractivity contribution < 1.29 is 9.59 Å². The summed E-state index contributed by atoms with van der Waals surface area (Å²) in [5, 5.41) is 8.23. The van der Waals surface area contributed by atoms with Gasteiger partial charge in [0.25, 0.3) is 5.91 Å². The van der Waals surface area contributed by atoms with Gasteiger partial charge in [-0.15, -0.1) is 11.3 Å². The van der Waals surface area contributed by atoms with E-state index in [2.05, 4.69) is 10.6 Å². The lowest BCUT2D eigenvalue weighted by molar-refractivity contribution is -0.123. The molecule has 2 heterocycles. The first-order valence-corrected chi connectivity index (χ1v) is 6.30. The van der Waals surface area contributed by atoms with Crippen molar-refractivity contribution in [2.75, 3.05) is 18.4 Å². The average Bonchev–Trinajstić information content (AvgIpc) is 2.87. The molecule has 6 heteroatoms. The Hall–Kier alpha value is -1.40. The first-order chi connectivity index (χ1) is 8.03. The van der Waals surface area contributed by atoms with E-state index < -0.39 is 11.3 Å². The van der Waals surface area contributed by atoms with Gasteiger partial charge in [-0.2, -0.15) is 0 Å². The molecule has 1 aliphatic rings. The lowest BCUT2D eigenvalue weighted by Gasteiger charge is -2.21. The number of carbonyl (C=O) groups excluding carboxylic acids is 2. The van der Waals surface area contributed by atoms with Crippen LogP contribution < -0.4 is 16.4 Å². The molecule has 1 saturated heterocycles. The van der Waals surface area contributed by atoms with Gasteiger partial charge in [0.05, 0.1) is 11.0 Å². The summed E-state index contributed by atoms with van der Waals surface area (Å²) in [5.41, 5.74) is 5.19. The van der Waals surface area contributed by atoms with Gasteiger partial charge >= 0.3 is 0 Å². The second-order valence-corrected chi connectivity index (χ2v) is 5.39. The normalized spacial score (nSPS) is 23.6. The van der Waals surface area contributed by atoms with Crippen LogP contribution in [0.1, 0.15) is 23.7 Å². The summed E-state index contributed by atoms with van der Waals surface area (Å²) >= 11 is 1.31. The third kappa shape index (κ3) is 2.32. The number of primary amides is 1. The standard InChI is InChI=1S/C11H15N3O2S/c1-11(3-4-13-6-11)10(16)14-9-7(8(12)15)2-5-17-9/h2,5,13H,3-4,6H2,1H3,(H2,12,15)(H,14,16). The molecule has 17 heavy (non-hydrogen) atoms. The van der Waals surface area contributed by atoms with Gasteiger partial charge in [-0.1, -0.05) is 0 Å². The van der Waals surface area contributed by atoms with Gasteiger partial charge in [-0.25, -0.2) is 0 Å². The third-order valence-electron chi connectivity index (χ3n) is 3.07. The third-order valence-corrected chi connectivity index (χ3v) is 3.90. The van der Waals surface area contributed by atoms with Crippen molar-refractivity contribution >= 4 is 28.2 Å². The van der Waals surface area contributed by atoms with E-state index in [1.165, 1.54) is 11.3 Å². The minimum Gasteiger partial charge on any atom is -0.366 e. The molecule has 2 rings (SSSR count). The van der Waals surface area contributed by atoms with Crippen LogP contribution in [0.25, 0.3) is 0 Å². The SMILES string of the molecule is CC1(C(=O)Nc2sccc2C(N)=O)CCNC1. The van der Waals surface area contributed by atoms with Gasteiger partial charge in [0.15, 0.2) is 0 Å². The maximum absolute atomic E-state index is 12.1. The zero-order chi connectivity index (χ0) is 12.5. The smallest absolute Gasteiger partial charge is 0.251 e. The Kier molecular flexibility index (Phi) is 3.17. The average molecular weight is 253 g/mol. The summed E-state index contributed by atoms with van der Waals surface area (Å²) < 4.78 is 0. The molecular weight excluding hydrogens is 238 g/mol. The highest BCUT2D eigenvalue weighted by atomic mass is 32.1. The van der Waals surface area contributed by atoms with Crippen LogP contribution in [-0.2, 0) is 4.79 Å². The molecule has 2 amide bonds. The first kappa shape index (κ1) is 12.1. The molecule has 1 aliphatic heterocycles. The molecule has 1 unspecified atom stereocenters. The zero-order valence-corrected chi connectivity index (χ0v) is 10.4. The Morgan fingerprint density at radius 3 is 2.94 bits per heavy atom. The topological polar surface area (TPSA) is 84.2 Å². The number of thiophene rings is 1. The van der Waals surface area contributed by atoms with Gasteiger partial charge in [0.2, 0.25) is 5.91 Å². The molecule has 92 valence electrons. The number of amides is 2. The Morgan fingerprint density at radius 2 is 2.35 bits per heavy atom. The number of carbonyl (C=O) groups is 2. The summed E-state index contributed by atoms with van der Waals surface area (Å²) in [6.07, 6.45) is 0.802. The number of nitrogens with one attached hydrogen (secondary N) is 2. The Morgan fingerprint density at radius 1 is 1.59 bits per heavy atom. The molecule has 4 N–H and O–H groups in total. The molecule has 0 aromatic carbocycles. The fraction of sp³-hybridized carbons (Fsp3) is 0.455. The second-order valence-electron chi connectivity index (χ2n) is 4.47. The summed E-state index contributed by atoms with van der Waals surface area (Å²) in [6, 6.07) is 1.62. The molecule has 1 aromatic heterocycles. The molecule has 0 spiro atoms. The van der Waals surface area contributed by atoms with E-state index in [0.29, 0.717) is 17.1 Å². The molecule has 0 bridgehead atoms. The monoisotopic (exact) mass is 253 g/mol. The van der Waals surface area contributed by atoms with Crippen molar-refractivity contribution in [3.05, 3.63) is 17.0 Å². The highest BCUT2D eigenvalue weighted by Gasteiger charge is 2.36. The largest absolute Gasteiger partial charge is 0.366 e. The maximum Gasteiger partial charge on any atom is 0.251 e. The van der Waals surface area contributed by atoms with Crippen molar-refractivity contribution in [1.29, 1.82) is 0 Å². The van der Waals surface area contributed by atoms with E-state index in [-0.39, 0.29) is 5.91 Å². The van der Waals surface area contributed by atoms with Gasteiger partial charge in [-0.3, -0.25) is 9.59 Å². The molecular formula is C11H15N3O2S. The van der Waals surface area contributed by atoms with Crippen LogP contribution in [0.15, 0.2) is 11.4 Å². The van der Waals surface area contributed by atoms with Crippen molar-refractivity contribution in [1.82, 2.24) is 5.32 Å². The first-order valence-electron chi connectivity index (χ1n) is 5.42. The van der Waals surface area contributed by atoms with E-state index in [1.807, 2.05) is 6.92 Å². The molecule has 1 fully saturated rings. The summed E-state index contributed by atoms with van der Waals surface area (Å²) in [4.78, 5) is 23.2. The van der Waals surface area contributed by atoms with E-state index in [0.717, 1.165) is 13.0 Å². The number of hydrogen-bond donors (Lipinski definition) is 3. The van der Waals surface area contributed by atoms with Crippen LogP contribution in [0.3, 0.4) is 0 Å². The van der Waals surface area contributed by atoms with Crippen molar-refractivity contribution in [3.8, 4) is 0 Å². The molecule has 5 nitrogen and oxygen atoms in total. The van der Waals surface area contributed by atoms with Crippen molar-refractivity contribution in [2.45, 2.75) is 13.3 Å². The van der Waals surface area contributed by atoms with Gasteiger partial charge in [-0.05, 0) is 31.3 Å². The maximum atomic E-state index is 12.1. The summed E-state index contributed by atoms with van der Waals surface area (Å²) in [6.45, 7) is 3.42. The lowest BCUT2D eigenvalue weighted by atomic mass is 9.89. The van der Waals surface area contributed by atoms with Crippen LogP contribution >= 0.6 is 11.3 Å². The number of rotatable bonds is 3. The Labute approximate surface area is 103 Å². The van der Waals surface area contributed by atoms with Gasteiger partial charge < -0.3 is 16.4 Å². The minimum absolute atomic E-state index is 0.0625. The summed E-state index contributed by atoms with van der Waals surface area (Å²) in [7, 11) is 0. The molecule has 0 saturated carbocycles. The van der Waals surface area contributed by atoms with Crippen LogP contribution in [0, 0.1) is 5.41 Å². The Balaban J connectivity index is 2.13. The summed E-state index contributed by atoms with van der Waals surface area (Å²) in [5.74, 6) is -0.580. The highest BCUT2D eigenvalue weighted by Crippen LogP contribution is 2.29. The number of anilines is 1. The highest BCUT2D eigenvalue weighted by molar-refractivity contribution is 7.14. The fourth-order valence-corrected chi connectivity index (χ4v) is 2.65. The van der Waals surface area contributed by atoms with Crippen LogP contribution in [0.5, 0.6) is 0 Å². The predicted molar refractivity (Wildman–Crippen MR) is 67.1 cm³/mol. The van der Waals surface area contributed by atoms with E-state index in [1.54, 1.807) is 11.4 Å². The van der Waals surface area contributed by atoms with E-state index in [9.17, 15) is 9.59 Å².